The molecule has 3 heteroatoms. The molecule has 0 saturated carbocycles. The van der Waals surface area contributed by atoms with Gasteiger partial charge in [-0.2, -0.15) is 0 Å². The van der Waals surface area contributed by atoms with E-state index in [1.807, 2.05) is 30.3 Å². The van der Waals surface area contributed by atoms with Gasteiger partial charge in [-0.05, 0) is 11.6 Å². The van der Waals surface area contributed by atoms with E-state index in [1.165, 1.54) is 17.1 Å². The fraction of sp³-hybridized carbons (Fsp3) is 0.182. The second kappa shape index (κ2) is 3.64. The highest BCUT2D eigenvalue weighted by molar-refractivity contribution is 5.90. The first kappa shape index (κ1) is 8.97. The molecule has 0 radical (unpaired) electrons. The third kappa shape index (κ3) is 1.67. The van der Waals surface area contributed by atoms with Gasteiger partial charge in [-0.15, -0.1) is 0 Å². The second-order valence-electron chi connectivity index (χ2n) is 3.22. The van der Waals surface area contributed by atoms with Gasteiger partial charge in [-0.1, -0.05) is 30.3 Å². The molecule has 0 aliphatic carbocycles. The molecule has 0 bridgehead atoms. The number of nitrogens with zero attached hydrogens (tertiary/aromatic N) is 1. The number of rotatable bonds is 2. The van der Waals surface area contributed by atoms with E-state index in [0.29, 0.717) is 6.54 Å². The van der Waals surface area contributed by atoms with Crippen LogP contribution in [-0.4, -0.2) is 22.1 Å². The lowest BCUT2D eigenvalue weighted by atomic mass is 10.2. The molecule has 1 heterocycles. The maximum atomic E-state index is 11.3. The molecule has 1 aliphatic rings. The average molecular weight is 189 g/mol. The number of hydrogen-bond donors (Lipinski definition) is 1. The van der Waals surface area contributed by atoms with Crippen molar-refractivity contribution >= 4 is 5.91 Å². The van der Waals surface area contributed by atoms with Crippen molar-refractivity contribution in [1.29, 1.82) is 0 Å². The zero-order chi connectivity index (χ0) is 9.97. The van der Waals surface area contributed by atoms with Crippen LogP contribution in [-0.2, 0) is 11.3 Å². The number of carbonyl (C=O) groups is 1. The Morgan fingerprint density at radius 1 is 1.29 bits per heavy atom. The van der Waals surface area contributed by atoms with Gasteiger partial charge < -0.3 is 10.0 Å². The third-order valence-electron chi connectivity index (χ3n) is 2.21. The van der Waals surface area contributed by atoms with Crippen molar-refractivity contribution in [1.82, 2.24) is 4.90 Å². The summed E-state index contributed by atoms with van der Waals surface area (Å²) in [7, 11) is 0. The second-order valence-corrected chi connectivity index (χ2v) is 3.22. The monoisotopic (exact) mass is 189 g/mol. The molecule has 1 atom stereocenters. The maximum absolute atomic E-state index is 11.3. The summed E-state index contributed by atoms with van der Waals surface area (Å²) in [5.41, 5.74) is 1.02. The molecule has 0 unspecified atom stereocenters. The number of aliphatic hydroxyl groups excluding tert-OH is 1. The number of amides is 1. The highest BCUT2D eigenvalue weighted by Crippen LogP contribution is 2.13. The van der Waals surface area contributed by atoms with Gasteiger partial charge in [0.1, 0.15) is 6.23 Å². The topological polar surface area (TPSA) is 40.5 Å². The van der Waals surface area contributed by atoms with Crippen LogP contribution >= 0.6 is 0 Å². The lowest BCUT2D eigenvalue weighted by Crippen LogP contribution is -2.32. The predicted octanol–water partition coefficient (Wildman–Crippen LogP) is 0.903. The van der Waals surface area contributed by atoms with Crippen LogP contribution in [0, 0.1) is 0 Å². The molecule has 1 N–H and O–H groups in total. The number of benzene rings is 1. The van der Waals surface area contributed by atoms with Crippen molar-refractivity contribution in [2.75, 3.05) is 0 Å². The highest BCUT2D eigenvalue weighted by Gasteiger charge is 2.23. The summed E-state index contributed by atoms with van der Waals surface area (Å²) in [5.74, 6) is -0.138. The Kier molecular flexibility index (Phi) is 2.33. The van der Waals surface area contributed by atoms with Crippen molar-refractivity contribution in [2.24, 2.45) is 0 Å². The van der Waals surface area contributed by atoms with Crippen LogP contribution in [0.25, 0.3) is 0 Å². The minimum atomic E-state index is -0.775. The largest absolute Gasteiger partial charge is 0.370 e. The number of aliphatic hydroxyl groups is 1. The van der Waals surface area contributed by atoms with Gasteiger partial charge >= 0.3 is 0 Å². The van der Waals surface area contributed by atoms with Gasteiger partial charge in [0.15, 0.2) is 0 Å². The summed E-state index contributed by atoms with van der Waals surface area (Å²) in [6.45, 7) is 0.452. The summed E-state index contributed by atoms with van der Waals surface area (Å²) < 4.78 is 0. The Labute approximate surface area is 82.3 Å². The lowest BCUT2D eigenvalue weighted by Gasteiger charge is -2.20. The number of hydrogen-bond acceptors (Lipinski definition) is 2. The normalized spacial score (nSPS) is 20.5. The van der Waals surface area contributed by atoms with Crippen molar-refractivity contribution in [2.45, 2.75) is 12.8 Å². The minimum Gasteiger partial charge on any atom is -0.370 e. The lowest BCUT2D eigenvalue weighted by molar-refractivity contribution is -0.131. The van der Waals surface area contributed by atoms with Crippen LogP contribution in [0.1, 0.15) is 5.56 Å². The van der Waals surface area contributed by atoms with Gasteiger partial charge in [0.2, 0.25) is 5.91 Å². The zero-order valence-electron chi connectivity index (χ0n) is 7.63. The summed E-state index contributed by atoms with van der Waals surface area (Å²) >= 11 is 0. The summed E-state index contributed by atoms with van der Waals surface area (Å²) in [6.07, 6.45) is 2.11. The van der Waals surface area contributed by atoms with E-state index in [1.54, 1.807) is 0 Å². The molecule has 2 rings (SSSR count). The minimum absolute atomic E-state index is 0.138. The molecule has 14 heavy (non-hydrogen) atoms. The summed E-state index contributed by atoms with van der Waals surface area (Å²) in [5, 5.41) is 9.44. The first-order valence-corrected chi connectivity index (χ1v) is 4.48. The van der Waals surface area contributed by atoms with Crippen molar-refractivity contribution in [3.8, 4) is 0 Å². The van der Waals surface area contributed by atoms with Crippen molar-refractivity contribution < 1.29 is 9.90 Å². The molecular weight excluding hydrogens is 178 g/mol. The molecule has 1 aromatic rings. The highest BCUT2D eigenvalue weighted by atomic mass is 16.3. The smallest absolute Gasteiger partial charge is 0.248 e. The fourth-order valence-corrected chi connectivity index (χ4v) is 1.45. The Bertz CT molecular complexity index is 359. The Morgan fingerprint density at radius 2 is 2.00 bits per heavy atom. The standard InChI is InChI=1S/C11H11NO2/c13-10-6-7-11(14)12(10)8-9-4-2-1-3-5-9/h1-7,10,13H,8H2/t10-/m1/s1. The van der Waals surface area contributed by atoms with Crippen LogP contribution in [0.5, 0.6) is 0 Å². The molecule has 1 aliphatic heterocycles. The van der Waals surface area contributed by atoms with E-state index in [9.17, 15) is 9.90 Å². The van der Waals surface area contributed by atoms with Gasteiger partial charge in [0, 0.05) is 12.6 Å². The molecule has 0 saturated heterocycles. The Hall–Kier alpha value is -1.61. The Balaban J connectivity index is 2.09. The molecule has 1 amide bonds. The van der Waals surface area contributed by atoms with Gasteiger partial charge in [-0.25, -0.2) is 0 Å². The molecular formula is C11H11NO2. The van der Waals surface area contributed by atoms with E-state index in [0.717, 1.165) is 5.56 Å². The number of carbonyl (C=O) groups excluding carboxylic acids is 1. The average Bonchev–Trinajstić information content (AvgIpc) is 2.51. The van der Waals surface area contributed by atoms with E-state index in [-0.39, 0.29) is 5.91 Å². The van der Waals surface area contributed by atoms with E-state index >= 15 is 0 Å². The van der Waals surface area contributed by atoms with Crippen LogP contribution < -0.4 is 0 Å². The van der Waals surface area contributed by atoms with Crippen LogP contribution in [0.4, 0.5) is 0 Å². The summed E-state index contributed by atoms with van der Waals surface area (Å²) in [4.78, 5) is 12.7. The molecule has 3 nitrogen and oxygen atoms in total. The summed E-state index contributed by atoms with van der Waals surface area (Å²) in [6, 6.07) is 9.60. The maximum Gasteiger partial charge on any atom is 0.248 e. The third-order valence-corrected chi connectivity index (χ3v) is 2.21. The van der Waals surface area contributed by atoms with Gasteiger partial charge in [0.05, 0.1) is 0 Å². The van der Waals surface area contributed by atoms with Crippen LogP contribution in [0.3, 0.4) is 0 Å². The predicted molar refractivity (Wildman–Crippen MR) is 52.1 cm³/mol. The van der Waals surface area contributed by atoms with Crippen molar-refractivity contribution in [3.63, 3.8) is 0 Å². The van der Waals surface area contributed by atoms with E-state index in [4.69, 9.17) is 0 Å². The zero-order valence-corrected chi connectivity index (χ0v) is 7.63. The van der Waals surface area contributed by atoms with Crippen molar-refractivity contribution in [3.05, 3.63) is 48.0 Å². The van der Waals surface area contributed by atoms with E-state index in [2.05, 4.69) is 0 Å². The quantitative estimate of drug-likeness (QED) is 0.751. The van der Waals surface area contributed by atoms with Crippen LogP contribution in [0.2, 0.25) is 0 Å². The van der Waals surface area contributed by atoms with E-state index < -0.39 is 6.23 Å². The Morgan fingerprint density at radius 3 is 2.57 bits per heavy atom. The van der Waals surface area contributed by atoms with Crippen LogP contribution in [0.15, 0.2) is 42.5 Å². The SMILES string of the molecule is O=C1C=C[C@@H](O)N1Cc1ccccc1. The van der Waals surface area contributed by atoms with Gasteiger partial charge in [0.25, 0.3) is 0 Å². The molecule has 72 valence electrons. The fourth-order valence-electron chi connectivity index (χ4n) is 1.45. The first-order valence-electron chi connectivity index (χ1n) is 4.48. The molecule has 1 aromatic carbocycles. The first-order chi connectivity index (χ1) is 6.77. The molecule has 0 fully saturated rings. The molecule has 0 spiro atoms. The molecule has 0 aromatic heterocycles. The van der Waals surface area contributed by atoms with Gasteiger partial charge in [-0.3, -0.25) is 4.79 Å².